The highest BCUT2D eigenvalue weighted by atomic mass is 32.2. The van der Waals surface area contributed by atoms with Gasteiger partial charge in [0.2, 0.25) is 11.1 Å². The Hall–Kier alpha value is -2.48. The van der Waals surface area contributed by atoms with E-state index in [2.05, 4.69) is 24.1 Å². The van der Waals surface area contributed by atoms with Gasteiger partial charge >= 0.3 is 5.97 Å². The first-order chi connectivity index (χ1) is 15.5. The molecule has 8 heteroatoms. The number of anilines is 1. The van der Waals surface area contributed by atoms with Gasteiger partial charge in [-0.25, -0.2) is 9.48 Å². The van der Waals surface area contributed by atoms with Crippen LogP contribution in [0.15, 0.2) is 40.7 Å². The lowest BCUT2D eigenvalue weighted by molar-refractivity contribution is -0.143. The van der Waals surface area contributed by atoms with Crippen LogP contribution >= 0.6 is 11.8 Å². The number of nitrogens with zero attached hydrogens (tertiary/aromatic N) is 3. The van der Waals surface area contributed by atoms with E-state index in [1.54, 1.807) is 16.4 Å². The van der Waals surface area contributed by atoms with Crippen molar-refractivity contribution in [3.8, 4) is 5.75 Å². The molecule has 0 fully saturated rings. The van der Waals surface area contributed by atoms with Crippen molar-refractivity contribution in [2.45, 2.75) is 77.6 Å². The Morgan fingerprint density at radius 3 is 2.69 bits per heavy atom. The number of hydrogen-bond acceptors (Lipinski definition) is 7. The van der Waals surface area contributed by atoms with Gasteiger partial charge in [0.15, 0.2) is 0 Å². The highest BCUT2D eigenvalue weighted by molar-refractivity contribution is 7.99. The van der Waals surface area contributed by atoms with Crippen molar-refractivity contribution in [3.05, 3.63) is 41.1 Å². The van der Waals surface area contributed by atoms with Crippen LogP contribution in [0.25, 0.3) is 0 Å². The number of ether oxygens (including phenoxy) is 2. The van der Waals surface area contributed by atoms with Crippen LogP contribution in [0.1, 0.15) is 71.9 Å². The molecule has 0 bridgehead atoms. The summed E-state index contributed by atoms with van der Waals surface area (Å²) in [6, 6.07) is 7.36. The standard InChI is InChI=1S/C24H34N4O3S/c1-6-8-14-30-19-13-11-10-12-18(19)21-20(22(29)31-16(3)4)17(5)25-23-26-24(27-28(21)23)32-15-9-7-2/h10-13,16,21H,6-9,14-15H2,1-5H3,(H,25,26,27). The van der Waals surface area contributed by atoms with E-state index in [-0.39, 0.29) is 12.1 Å². The summed E-state index contributed by atoms with van der Waals surface area (Å²) in [6.45, 7) is 10.5. The van der Waals surface area contributed by atoms with Gasteiger partial charge in [-0.15, -0.1) is 5.10 Å². The third kappa shape index (κ3) is 5.65. The smallest absolute Gasteiger partial charge is 0.338 e. The van der Waals surface area contributed by atoms with E-state index in [1.807, 2.05) is 45.0 Å². The van der Waals surface area contributed by atoms with Gasteiger partial charge in [-0.1, -0.05) is 56.7 Å². The van der Waals surface area contributed by atoms with Gasteiger partial charge < -0.3 is 14.8 Å². The van der Waals surface area contributed by atoms with Crippen LogP contribution < -0.4 is 10.1 Å². The van der Waals surface area contributed by atoms with E-state index < -0.39 is 6.04 Å². The second-order valence-corrected chi connectivity index (χ2v) is 9.19. The summed E-state index contributed by atoms with van der Waals surface area (Å²) in [5.74, 6) is 1.96. The Balaban J connectivity index is 2.05. The summed E-state index contributed by atoms with van der Waals surface area (Å²) in [5.41, 5.74) is 2.11. The largest absolute Gasteiger partial charge is 0.493 e. The van der Waals surface area contributed by atoms with Crippen molar-refractivity contribution in [1.82, 2.24) is 14.8 Å². The maximum absolute atomic E-state index is 13.2. The number of carbonyl (C=O) groups excluding carboxylic acids is 1. The van der Waals surface area contributed by atoms with Crippen LogP contribution in [0.5, 0.6) is 5.75 Å². The first-order valence-electron chi connectivity index (χ1n) is 11.5. The van der Waals surface area contributed by atoms with Gasteiger partial charge in [-0.2, -0.15) is 4.98 Å². The van der Waals surface area contributed by atoms with Gasteiger partial charge in [0, 0.05) is 17.0 Å². The molecule has 1 unspecified atom stereocenters. The van der Waals surface area contributed by atoms with Crippen molar-refractivity contribution in [2.24, 2.45) is 0 Å². The molecule has 2 aromatic rings. The molecule has 2 heterocycles. The molecular formula is C24H34N4O3S. The highest BCUT2D eigenvalue weighted by Gasteiger charge is 2.37. The van der Waals surface area contributed by atoms with Crippen LogP contribution in [0, 0.1) is 0 Å². The van der Waals surface area contributed by atoms with E-state index >= 15 is 0 Å². The monoisotopic (exact) mass is 458 g/mol. The molecule has 1 aromatic carbocycles. The molecule has 3 rings (SSSR count). The first kappa shape index (κ1) is 24.2. The molecule has 0 amide bonds. The zero-order chi connectivity index (χ0) is 23.1. The molecule has 32 heavy (non-hydrogen) atoms. The predicted molar refractivity (Wildman–Crippen MR) is 128 cm³/mol. The van der Waals surface area contributed by atoms with Crippen LogP contribution in [0.4, 0.5) is 5.95 Å². The van der Waals surface area contributed by atoms with E-state index in [0.29, 0.717) is 29.0 Å². The van der Waals surface area contributed by atoms with Crippen molar-refractivity contribution in [3.63, 3.8) is 0 Å². The highest BCUT2D eigenvalue weighted by Crippen LogP contribution is 2.40. The Labute approximate surface area is 195 Å². The quantitative estimate of drug-likeness (QED) is 0.267. The Morgan fingerprint density at radius 2 is 1.97 bits per heavy atom. The maximum atomic E-state index is 13.2. The van der Waals surface area contributed by atoms with Gasteiger partial charge in [0.25, 0.3) is 0 Å². The molecule has 1 aliphatic rings. The third-order valence-electron chi connectivity index (χ3n) is 5.09. The average Bonchev–Trinajstić information content (AvgIpc) is 3.15. The van der Waals surface area contributed by atoms with Gasteiger partial charge in [-0.3, -0.25) is 0 Å². The zero-order valence-electron chi connectivity index (χ0n) is 19.7. The summed E-state index contributed by atoms with van der Waals surface area (Å²) < 4.78 is 13.5. The fourth-order valence-corrected chi connectivity index (χ4v) is 4.41. The van der Waals surface area contributed by atoms with Gasteiger partial charge in [-0.05, 0) is 39.7 Å². The summed E-state index contributed by atoms with van der Waals surface area (Å²) in [4.78, 5) is 17.9. The summed E-state index contributed by atoms with van der Waals surface area (Å²) in [5, 5.41) is 8.73. The zero-order valence-corrected chi connectivity index (χ0v) is 20.5. The molecular weight excluding hydrogens is 424 g/mol. The number of carbonyl (C=O) groups is 1. The number of thioether (sulfide) groups is 1. The molecule has 0 saturated heterocycles. The normalized spacial score (nSPS) is 15.5. The average molecular weight is 459 g/mol. The third-order valence-corrected chi connectivity index (χ3v) is 6.02. The minimum atomic E-state index is -0.483. The lowest BCUT2D eigenvalue weighted by atomic mass is 9.95. The van der Waals surface area contributed by atoms with Crippen LogP contribution in [-0.2, 0) is 9.53 Å². The second kappa shape index (κ2) is 11.4. The van der Waals surface area contributed by atoms with Crippen molar-refractivity contribution < 1.29 is 14.3 Å². The number of para-hydroxylation sites is 1. The molecule has 0 saturated carbocycles. The fourth-order valence-electron chi connectivity index (χ4n) is 3.49. The number of hydrogen-bond donors (Lipinski definition) is 1. The second-order valence-electron chi connectivity index (χ2n) is 8.12. The Kier molecular flexibility index (Phi) is 8.61. The number of esters is 1. The molecule has 0 spiro atoms. The van der Waals surface area contributed by atoms with Crippen LogP contribution in [-0.4, -0.2) is 39.2 Å². The molecule has 0 aliphatic carbocycles. The fraction of sp³-hybridized carbons (Fsp3) is 0.542. The van der Waals surface area contributed by atoms with Gasteiger partial charge in [0.05, 0.1) is 18.3 Å². The lowest BCUT2D eigenvalue weighted by Crippen LogP contribution is -2.31. The SMILES string of the molecule is CCCCOc1ccccc1C1C(C(=O)OC(C)C)=C(C)Nc2nc(SCCCC)nn21. The van der Waals surface area contributed by atoms with Crippen molar-refractivity contribution in [2.75, 3.05) is 17.7 Å². The van der Waals surface area contributed by atoms with Crippen molar-refractivity contribution >= 4 is 23.7 Å². The summed E-state index contributed by atoms with van der Waals surface area (Å²) in [7, 11) is 0. The number of rotatable bonds is 11. The number of fused-ring (bicyclic) bond motifs is 1. The van der Waals surface area contributed by atoms with E-state index in [0.717, 1.165) is 42.7 Å². The number of unbranched alkanes of at least 4 members (excludes halogenated alkanes) is 2. The molecule has 1 aliphatic heterocycles. The Bertz CT molecular complexity index is 954. The molecule has 7 nitrogen and oxygen atoms in total. The molecule has 1 aromatic heterocycles. The van der Waals surface area contributed by atoms with Gasteiger partial charge in [0.1, 0.15) is 11.8 Å². The Morgan fingerprint density at radius 1 is 1.22 bits per heavy atom. The van der Waals surface area contributed by atoms with Crippen LogP contribution in [0.3, 0.4) is 0 Å². The van der Waals surface area contributed by atoms with E-state index in [1.165, 1.54) is 0 Å². The molecule has 1 N–H and O–H groups in total. The maximum Gasteiger partial charge on any atom is 0.338 e. The van der Waals surface area contributed by atoms with Crippen molar-refractivity contribution in [1.29, 1.82) is 0 Å². The minimum Gasteiger partial charge on any atom is -0.493 e. The number of allylic oxidation sites excluding steroid dienone is 1. The molecule has 1 atom stereocenters. The minimum absolute atomic E-state index is 0.225. The number of aromatic nitrogens is 3. The molecule has 0 radical (unpaired) electrons. The van der Waals surface area contributed by atoms with E-state index in [4.69, 9.17) is 14.6 Å². The lowest BCUT2D eigenvalue weighted by Gasteiger charge is -2.29. The molecule has 174 valence electrons. The summed E-state index contributed by atoms with van der Waals surface area (Å²) >= 11 is 1.63. The number of benzene rings is 1. The number of nitrogens with one attached hydrogen (secondary N) is 1. The summed E-state index contributed by atoms with van der Waals surface area (Å²) in [6.07, 6.45) is 4.01. The van der Waals surface area contributed by atoms with Crippen LogP contribution in [0.2, 0.25) is 0 Å². The predicted octanol–water partition coefficient (Wildman–Crippen LogP) is 5.59. The first-order valence-corrected chi connectivity index (χ1v) is 12.4. The van der Waals surface area contributed by atoms with E-state index in [9.17, 15) is 4.79 Å². The topological polar surface area (TPSA) is 78.3 Å².